The van der Waals surface area contributed by atoms with Gasteiger partial charge in [0.2, 0.25) is 0 Å². The molecule has 1 heterocycles. The maximum Gasteiger partial charge on any atom is 0.303 e. The molecule has 19 heavy (non-hydrogen) atoms. The first kappa shape index (κ1) is 13.2. The number of rotatable bonds is 4. The molecule has 1 aromatic carbocycles. The van der Waals surface area contributed by atoms with Crippen LogP contribution in [0.15, 0.2) is 30.5 Å². The van der Waals surface area contributed by atoms with Crippen LogP contribution in [-0.2, 0) is 11.2 Å². The van der Waals surface area contributed by atoms with Crippen molar-refractivity contribution in [2.24, 2.45) is 0 Å². The van der Waals surface area contributed by atoms with E-state index in [9.17, 15) is 4.79 Å². The average molecular weight is 256 g/mol. The number of aromatic nitrogens is 2. The van der Waals surface area contributed by atoms with Crippen molar-refractivity contribution in [1.29, 1.82) is 0 Å². The van der Waals surface area contributed by atoms with Crippen molar-refractivity contribution in [3.63, 3.8) is 0 Å². The van der Waals surface area contributed by atoms with Gasteiger partial charge in [0.25, 0.3) is 0 Å². The lowest BCUT2D eigenvalue weighted by atomic mass is 10.0. The van der Waals surface area contributed by atoms with Crippen molar-refractivity contribution in [2.75, 3.05) is 0 Å². The Morgan fingerprint density at radius 1 is 1.21 bits per heavy atom. The van der Waals surface area contributed by atoms with E-state index in [1.807, 2.05) is 38.1 Å². The van der Waals surface area contributed by atoms with Crippen molar-refractivity contribution in [2.45, 2.75) is 26.7 Å². The van der Waals surface area contributed by atoms with E-state index in [0.29, 0.717) is 12.2 Å². The number of hydrogen-bond donors (Lipinski definition) is 1. The molecule has 0 atom stereocenters. The second-order valence-electron chi connectivity index (χ2n) is 4.55. The summed E-state index contributed by atoms with van der Waals surface area (Å²) < 4.78 is 0. The molecule has 0 aliphatic heterocycles. The molecule has 0 amide bonds. The maximum atomic E-state index is 10.7. The molecule has 0 saturated carbocycles. The fraction of sp³-hybridized carbons (Fsp3) is 0.267. The van der Waals surface area contributed by atoms with Gasteiger partial charge in [0.1, 0.15) is 5.82 Å². The molecule has 0 saturated heterocycles. The van der Waals surface area contributed by atoms with Gasteiger partial charge in [-0.25, -0.2) is 9.97 Å². The first-order valence-corrected chi connectivity index (χ1v) is 6.17. The number of hydrogen-bond acceptors (Lipinski definition) is 3. The van der Waals surface area contributed by atoms with Gasteiger partial charge in [0.05, 0.1) is 5.69 Å². The Balaban J connectivity index is 2.39. The Bertz CT molecular complexity index is 592. The highest BCUT2D eigenvalue weighted by Crippen LogP contribution is 2.22. The topological polar surface area (TPSA) is 63.1 Å². The molecule has 0 spiro atoms. The number of nitrogens with zero attached hydrogens (tertiary/aromatic N) is 2. The first-order valence-electron chi connectivity index (χ1n) is 6.17. The van der Waals surface area contributed by atoms with Crippen LogP contribution >= 0.6 is 0 Å². The molecule has 1 aromatic heterocycles. The second kappa shape index (κ2) is 5.61. The Kier molecular flexibility index (Phi) is 3.90. The van der Waals surface area contributed by atoms with Gasteiger partial charge in [-0.2, -0.15) is 0 Å². The summed E-state index contributed by atoms with van der Waals surface area (Å²) in [6.07, 6.45) is 2.25. The SMILES string of the molecule is Cc1ccc(-c2nc(C)ncc2CCC(=O)O)cc1. The molecule has 0 unspecified atom stereocenters. The third-order valence-electron chi connectivity index (χ3n) is 2.92. The van der Waals surface area contributed by atoms with Gasteiger partial charge in [-0.15, -0.1) is 0 Å². The quantitative estimate of drug-likeness (QED) is 0.913. The largest absolute Gasteiger partial charge is 0.481 e. The van der Waals surface area contributed by atoms with Crippen LogP contribution in [-0.4, -0.2) is 21.0 Å². The number of carbonyl (C=O) groups is 1. The minimum Gasteiger partial charge on any atom is -0.481 e. The maximum absolute atomic E-state index is 10.7. The lowest BCUT2D eigenvalue weighted by Crippen LogP contribution is -2.02. The standard InChI is InChI=1S/C15H16N2O2/c1-10-3-5-12(6-4-10)15-13(7-8-14(18)19)9-16-11(2)17-15/h3-6,9H,7-8H2,1-2H3,(H,18,19). The molecule has 98 valence electrons. The van der Waals surface area contributed by atoms with Gasteiger partial charge in [-0.05, 0) is 25.8 Å². The molecule has 1 N–H and O–H groups in total. The van der Waals surface area contributed by atoms with Crippen LogP contribution < -0.4 is 0 Å². The van der Waals surface area contributed by atoms with E-state index in [-0.39, 0.29) is 6.42 Å². The van der Waals surface area contributed by atoms with Crippen LogP contribution in [0.5, 0.6) is 0 Å². The third-order valence-corrected chi connectivity index (χ3v) is 2.92. The zero-order valence-corrected chi connectivity index (χ0v) is 11.1. The molecule has 0 aliphatic carbocycles. The number of aryl methyl sites for hydroxylation is 3. The van der Waals surface area contributed by atoms with Crippen molar-refractivity contribution in [3.05, 3.63) is 47.4 Å². The molecule has 4 heteroatoms. The number of aliphatic carboxylic acids is 1. The number of benzene rings is 1. The van der Waals surface area contributed by atoms with Gasteiger partial charge in [-0.3, -0.25) is 4.79 Å². The fourth-order valence-corrected chi connectivity index (χ4v) is 1.88. The zero-order chi connectivity index (χ0) is 13.8. The summed E-state index contributed by atoms with van der Waals surface area (Å²) in [5, 5.41) is 8.79. The third kappa shape index (κ3) is 3.37. The molecule has 0 aliphatic rings. The van der Waals surface area contributed by atoms with Crippen molar-refractivity contribution >= 4 is 5.97 Å². The summed E-state index contributed by atoms with van der Waals surface area (Å²) in [5.41, 5.74) is 3.88. The summed E-state index contributed by atoms with van der Waals surface area (Å²) in [4.78, 5) is 19.3. The number of carboxylic acid groups (broad SMARTS) is 1. The highest BCUT2D eigenvalue weighted by atomic mass is 16.4. The Hall–Kier alpha value is -2.23. The highest BCUT2D eigenvalue weighted by Gasteiger charge is 2.09. The normalized spacial score (nSPS) is 10.4. The molecule has 2 aromatic rings. The van der Waals surface area contributed by atoms with E-state index in [4.69, 9.17) is 5.11 Å². The second-order valence-corrected chi connectivity index (χ2v) is 4.55. The Morgan fingerprint density at radius 3 is 2.53 bits per heavy atom. The van der Waals surface area contributed by atoms with Gasteiger partial charge in [-0.1, -0.05) is 29.8 Å². The van der Waals surface area contributed by atoms with Gasteiger partial charge >= 0.3 is 5.97 Å². The molecular weight excluding hydrogens is 240 g/mol. The Morgan fingerprint density at radius 2 is 1.89 bits per heavy atom. The lowest BCUT2D eigenvalue weighted by molar-refractivity contribution is -0.136. The smallest absolute Gasteiger partial charge is 0.303 e. The molecule has 4 nitrogen and oxygen atoms in total. The minimum atomic E-state index is -0.810. The van der Waals surface area contributed by atoms with Gasteiger partial charge in [0.15, 0.2) is 0 Å². The van der Waals surface area contributed by atoms with Gasteiger partial charge < -0.3 is 5.11 Å². The van der Waals surface area contributed by atoms with Crippen LogP contribution in [0.4, 0.5) is 0 Å². The molecule has 0 bridgehead atoms. The van der Waals surface area contributed by atoms with Crippen LogP contribution in [0.2, 0.25) is 0 Å². The molecule has 0 fully saturated rings. The van der Waals surface area contributed by atoms with E-state index in [1.165, 1.54) is 5.56 Å². The summed E-state index contributed by atoms with van der Waals surface area (Å²) in [6, 6.07) is 8.05. The van der Waals surface area contributed by atoms with Crippen LogP contribution in [0.1, 0.15) is 23.4 Å². The van der Waals surface area contributed by atoms with E-state index >= 15 is 0 Å². The molecular formula is C15H16N2O2. The fourth-order valence-electron chi connectivity index (χ4n) is 1.88. The summed E-state index contributed by atoms with van der Waals surface area (Å²) in [6.45, 7) is 3.86. The van der Waals surface area contributed by atoms with Crippen molar-refractivity contribution in [3.8, 4) is 11.3 Å². The van der Waals surface area contributed by atoms with Crippen molar-refractivity contribution < 1.29 is 9.90 Å². The highest BCUT2D eigenvalue weighted by molar-refractivity contribution is 5.68. The zero-order valence-electron chi connectivity index (χ0n) is 11.1. The summed E-state index contributed by atoms with van der Waals surface area (Å²) >= 11 is 0. The monoisotopic (exact) mass is 256 g/mol. The minimum absolute atomic E-state index is 0.0886. The van der Waals surface area contributed by atoms with E-state index < -0.39 is 5.97 Å². The summed E-state index contributed by atoms with van der Waals surface area (Å²) in [5.74, 6) is -0.120. The average Bonchev–Trinajstić information content (AvgIpc) is 2.38. The Labute approximate surface area is 112 Å². The molecule has 2 rings (SSSR count). The van der Waals surface area contributed by atoms with Crippen LogP contribution in [0.25, 0.3) is 11.3 Å². The van der Waals surface area contributed by atoms with E-state index in [0.717, 1.165) is 16.8 Å². The number of carboxylic acids is 1. The van der Waals surface area contributed by atoms with Crippen molar-refractivity contribution in [1.82, 2.24) is 9.97 Å². The predicted octanol–water partition coefficient (Wildman–Crippen LogP) is 2.78. The van der Waals surface area contributed by atoms with Crippen LogP contribution in [0.3, 0.4) is 0 Å². The predicted molar refractivity (Wildman–Crippen MR) is 72.9 cm³/mol. The summed E-state index contributed by atoms with van der Waals surface area (Å²) in [7, 11) is 0. The lowest BCUT2D eigenvalue weighted by Gasteiger charge is -2.08. The van der Waals surface area contributed by atoms with E-state index in [2.05, 4.69) is 9.97 Å². The van der Waals surface area contributed by atoms with Crippen LogP contribution in [0, 0.1) is 13.8 Å². The van der Waals surface area contributed by atoms with E-state index in [1.54, 1.807) is 6.20 Å². The molecule has 0 radical (unpaired) electrons. The van der Waals surface area contributed by atoms with Gasteiger partial charge in [0, 0.05) is 18.2 Å². The first-order chi connectivity index (χ1) is 9.06.